The maximum absolute atomic E-state index is 13.7. The highest BCUT2D eigenvalue weighted by Gasteiger charge is 2.52. The van der Waals surface area contributed by atoms with Gasteiger partial charge in [-0.3, -0.25) is 4.79 Å². The van der Waals surface area contributed by atoms with Gasteiger partial charge in [0.15, 0.2) is 0 Å². The summed E-state index contributed by atoms with van der Waals surface area (Å²) in [6.07, 6.45) is 2.12. The van der Waals surface area contributed by atoms with Gasteiger partial charge >= 0.3 is 0 Å². The van der Waals surface area contributed by atoms with Crippen molar-refractivity contribution >= 4 is 34.6 Å². The van der Waals surface area contributed by atoms with Gasteiger partial charge < -0.3 is 20.0 Å². The van der Waals surface area contributed by atoms with Crippen LogP contribution >= 0.6 is 11.6 Å². The number of fused-ring (bicyclic) bond motifs is 3. The molecule has 0 spiro atoms. The molecule has 1 unspecified atom stereocenters. The fourth-order valence-corrected chi connectivity index (χ4v) is 5.43. The largest absolute Gasteiger partial charge is 0.355 e. The van der Waals surface area contributed by atoms with Crippen molar-refractivity contribution in [3.63, 3.8) is 0 Å². The minimum absolute atomic E-state index is 0.0166. The molecule has 2 aliphatic heterocycles. The van der Waals surface area contributed by atoms with Crippen molar-refractivity contribution in [3.05, 3.63) is 65.3 Å². The summed E-state index contributed by atoms with van der Waals surface area (Å²) in [6.45, 7) is 7.42. The molecule has 0 bridgehead atoms. The molecule has 1 saturated carbocycles. The smallest absolute Gasteiger partial charge is 0.260 e. The second-order valence-electron chi connectivity index (χ2n) is 9.32. The van der Waals surface area contributed by atoms with E-state index in [2.05, 4.69) is 29.8 Å². The Morgan fingerprint density at radius 2 is 2.00 bits per heavy atom. The van der Waals surface area contributed by atoms with E-state index in [9.17, 15) is 10.1 Å². The topological polar surface area (TPSA) is 62.6 Å². The quantitative estimate of drug-likeness (QED) is 0.684. The molecule has 6 nitrogen and oxygen atoms in total. The molecule has 0 aromatic heterocycles. The fraction of sp³-hybridized carbons (Fsp3) is 0.385. The Labute approximate surface area is 200 Å². The average Bonchev–Trinajstić information content (AvgIpc) is 3.50. The molecule has 2 heterocycles. The van der Waals surface area contributed by atoms with E-state index in [0.717, 1.165) is 29.2 Å². The van der Waals surface area contributed by atoms with Crippen LogP contribution in [0, 0.1) is 17.2 Å². The third-order valence-electron chi connectivity index (χ3n) is 7.06. The zero-order valence-corrected chi connectivity index (χ0v) is 19.7. The van der Waals surface area contributed by atoms with Gasteiger partial charge in [0.05, 0.1) is 28.7 Å². The number of para-hydroxylation sites is 2. The van der Waals surface area contributed by atoms with Crippen LogP contribution in [0.5, 0.6) is 0 Å². The highest BCUT2D eigenvalue weighted by Crippen LogP contribution is 2.49. The molecule has 33 heavy (non-hydrogen) atoms. The molecule has 2 fully saturated rings. The van der Waals surface area contributed by atoms with E-state index in [-0.39, 0.29) is 18.0 Å². The SMILES string of the molecule is C=C(CN[C@H](C)CN1C(=O)c2cc(Cl)ccc2N(C)c2ccccc21)N1C(C#N)C[C@@H]2C[C@@H]21. The molecule has 170 valence electrons. The molecule has 2 aromatic carbocycles. The van der Waals surface area contributed by atoms with Gasteiger partial charge in [-0.2, -0.15) is 5.26 Å². The van der Waals surface area contributed by atoms with Gasteiger partial charge in [0, 0.05) is 42.9 Å². The van der Waals surface area contributed by atoms with Crippen molar-refractivity contribution in [3.8, 4) is 6.07 Å². The van der Waals surface area contributed by atoms with Gasteiger partial charge in [-0.15, -0.1) is 0 Å². The van der Waals surface area contributed by atoms with Crippen LogP contribution in [0.2, 0.25) is 5.02 Å². The maximum Gasteiger partial charge on any atom is 0.260 e. The number of halogens is 1. The van der Waals surface area contributed by atoms with Crippen molar-refractivity contribution in [2.45, 2.75) is 37.9 Å². The number of anilines is 3. The molecular formula is C26H28ClN5O. The minimum Gasteiger partial charge on any atom is -0.355 e. The van der Waals surface area contributed by atoms with E-state index in [1.165, 1.54) is 6.42 Å². The molecule has 1 aliphatic carbocycles. The van der Waals surface area contributed by atoms with Crippen molar-refractivity contribution in [1.82, 2.24) is 10.2 Å². The third kappa shape index (κ3) is 3.86. The van der Waals surface area contributed by atoms with E-state index in [1.807, 2.05) is 53.2 Å². The number of carbonyl (C=O) groups is 1. The first-order chi connectivity index (χ1) is 15.9. The number of carbonyl (C=O) groups excluding carboxylic acids is 1. The normalized spacial score (nSPS) is 23.9. The predicted octanol–water partition coefficient (Wildman–Crippen LogP) is 4.55. The van der Waals surface area contributed by atoms with Crippen LogP contribution in [0.1, 0.15) is 30.1 Å². The van der Waals surface area contributed by atoms with Crippen LogP contribution in [0.15, 0.2) is 54.7 Å². The first-order valence-electron chi connectivity index (χ1n) is 11.4. The molecule has 1 N–H and O–H groups in total. The Morgan fingerprint density at radius 3 is 2.76 bits per heavy atom. The summed E-state index contributed by atoms with van der Waals surface area (Å²) in [5.41, 5.74) is 4.22. The van der Waals surface area contributed by atoms with E-state index >= 15 is 0 Å². The number of likely N-dealkylation sites (tertiary alicyclic amines) is 1. The Hall–Kier alpha value is -3.01. The lowest BCUT2D eigenvalue weighted by molar-refractivity contribution is 0.0986. The summed E-state index contributed by atoms with van der Waals surface area (Å²) in [4.78, 5) is 19.7. The molecule has 3 aliphatic rings. The van der Waals surface area contributed by atoms with Crippen molar-refractivity contribution in [2.24, 2.45) is 5.92 Å². The number of nitriles is 1. The number of nitrogens with one attached hydrogen (secondary N) is 1. The first kappa shape index (κ1) is 21.8. The highest BCUT2D eigenvalue weighted by molar-refractivity contribution is 6.31. The average molecular weight is 462 g/mol. The number of hydrogen-bond acceptors (Lipinski definition) is 5. The number of piperidine rings is 1. The fourth-order valence-electron chi connectivity index (χ4n) is 5.26. The highest BCUT2D eigenvalue weighted by atomic mass is 35.5. The van der Waals surface area contributed by atoms with Crippen LogP contribution in [0.3, 0.4) is 0 Å². The first-order valence-corrected chi connectivity index (χ1v) is 11.8. The molecule has 0 radical (unpaired) electrons. The van der Waals surface area contributed by atoms with E-state index in [0.29, 0.717) is 35.6 Å². The summed E-state index contributed by atoms with van der Waals surface area (Å²) >= 11 is 6.25. The van der Waals surface area contributed by atoms with Gasteiger partial charge in [-0.05, 0) is 56.0 Å². The van der Waals surface area contributed by atoms with E-state index < -0.39 is 0 Å². The van der Waals surface area contributed by atoms with Gasteiger partial charge in [-0.1, -0.05) is 30.3 Å². The number of benzene rings is 2. The summed E-state index contributed by atoms with van der Waals surface area (Å²) in [6, 6.07) is 16.3. The second-order valence-corrected chi connectivity index (χ2v) is 9.76. The third-order valence-corrected chi connectivity index (χ3v) is 7.29. The molecule has 2 aromatic rings. The molecule has 1 amide bonds. The van der Waals surface area contributed by atoms with Gasteiger partial charge in [0.1, 0.15) is 6.04 Å². The Balaban J connectivity index is 1.35. The minimum atomic E-state index is -0.0679. The lowest BCUT2D eigenvalue weighted by Gasteiger charge is -2.30. The van der Waals surface area contributed by atoms with Crippen LogP contribution in [-0.4, -0.2) is 49.1 Å². The van der Waals surface area contributed by atoms with Crippen molar-refractivity contribution in [2.75, 3.05) is 29.9 Å². The van der Waals surface area contributed by atoms with Crippen LogP contribution < -0.4 is 15.1 Å². The van der Waals surface area contributed by atoms with E-state index in [1.54, 1.807) is 6.07 Å². The zero-order chi connectivity index (χ0) is 23.3. The Morgan fingerprint density at radius 1 is 1.24 bits per heavy atom. The molecule has 4 atom stereocenters. The number of amides is 1. The molecular weight excluding hydrogens is 434 g/mol. The van der Waals surface area contributed by atoms with Gasteiger partial charge in [0.2, 0.25) is 0 Å². The standard InChI is InChI=1S/C26H28ClN5O/c1-16(29-14-17(2)32-20(13-28)10-18-11-25(18)32)15-31-24-7-5-4-6-23(24)30(3)22-9-8-19(27)12-21(22)26(31)33/h4-9,12,16,18,20,25,29H,2,10-11,14-15H2,1,3H3/t16-,18-,20?,25+/m1/s1. The number of hydrogen-bond donors (Lipinski definition) is 1. The lowest BCUT2D eigenvalue weighted by atomic mass is 10.1. The summed E-state index contributed by atoms with van der Waals surface area (Å²) in [5.74, 6) is 0.584. The zero-order valence-electron chi connectivity index (χ0n) is 19.0. The van der Waals surface area contributed by atoms with Crippen molar-refractivity contribution in [1.29, 1.82) is 5.26 Å². The summed E-state index contributed by atoms with van der Waals surface area (Å²) < 4.78 is 0. The van der Waals surface area contributed by atoms with Crippen molar-refractivity contribution < 1.29 is 4.79 Å². The molecule has 7 heteroatoms. The predicted molar refractivity (Wildman–Crippen MR) is 132 cm³/mol. The Bertz CT molecular complexity index is 1160. The van der Waals surface area contributed by atoms with Crippen LogP contribution in [0.25, 0.3) is 0 Å². The summed E-state index contributed by atoms with van der Waals surface area (Å²) in [5, 5.41) is 13.5. The van der Waals surface area contributed by atoms with Gasteiger partial charge in [-0.25, -0.2) is 0 Å². The monoisotopic (exact) mass is 461 g/mol. The second kappa shape index (κ2) is 8.40. The summed E-state index contributed by atoms with van der Waals surface area (Å²) in [7, 11) is 1.97. The van der Waals surface area contributed by atoms with E-state index in [4.69, 9.17) is 11.6 Å². The van der Waals surface area contributed by atoms with Gasteiger partial charge in [0.25, 0.3) is 5.91 Å². The number of nitrogens with zero attached hydrogens (tertiary/aromatic N) is 4. The molecule has 5 rings (SSSR count). The van der Waals surface area contributed by atoms with Crippen LogP contribution in [-0.2, 0) is 0 Å². The lowest BCUT2D eigenvalue weighted by Crippen LogP contribution is -2.44. The maximum atomic E-state index is 13.7. The van der Waals surface area contributed by atoms with Crippen LogP contribution in [0.4, 0.5) is 17.1 Å². The number of rotatable bonds is 6. The molecule has 1 saturated heterocycles. The Kier molecular flexibility index (Phi) is 5.55.